The molecule has 0 aromatic heterocycles. The third-order valence-corrected chi connectivity index (χ3v) is 3.78. The number of hydrogen-bond donors (Lipinski definition) is 0. The lowest BCUT2D eigenvalue weighted by Crippen LogP contribution is -2.32. The first kappa shape index (κ1) is 20.3. The van der Waals surface area contributed by atoms with Gasteiger partial charge in [-0.3, -0.25) is 9.59 Å². The molecule has 0 aliphatic rings. The Bertz CT molecular complexity index is 425. The molecule has 0 spiro atoms. The first-order chi connectivity index (χ1) is 10.3. The van der Waals surface area contributed by atoms with Crippen LogP contribution in [0.1, 0.15) is 52.4 Å². The number of carbonyl (C=O) groups excluding carboxylic acids is 3. The van der Waals surface area contributed by atoms with Gasteiger partial charge >= 0.3 is 5.97 Å². The van der Waals surface area contributed by atoms with Crippen LogP contribution in [-0.2, 0) is 19.1 Å². The van der Waals surface area contributed by atoms with Gasteiger partial charge in [-0.1, -0.05) is 18.6 Å². The third-order valence-electron chi connectivity index (χ3n) is 3.78. The second-order valence-corrected chi connectivity index (χ2v) is 6.16. The fourth-order valence-electron chi connectivity index (χ4n) is 2.32. The van der Waals surface area contributed by atoms with Crippen molar-refractivity contribution in [3.8, 4) is 0 Å². The van der Waals surface area contributed by atoms with Gasteiger partial charge in [-0.2, -0.15) is 0 Å². The molecule has 0 aliphatic carbocycles. The van der Waals surface area contributed by atoms with E-state index >= 15 is 0 Å². The van der Waals surface area contributed by atoms with E-state index in [-0.39, 0.29) is 12.2 Å². The van der Waals surface area contributed by atoms with E-state index < -0.39 is 17.3 Å². The summed E-state index contributed by atoms with van der Waals surface area (Å²) in [7, 11) is 1.26. The monoisotopic (exact) mass is 308 g/mol. The predicted octanol–water partition coefficient (Wildman–Crippen LogP) is 3.65. The molecule has 0 saturated carbocycles. The molecule has 0 heterocycles. The zero-order chi connectivity index (χ0) is 17.2. The second-order valence-electron chi connectivity index (χ2n) is 6.16. The van der Waals surface area contributed by atoms with E-state index in [1.165, 1.54) is 7.11 Å². The van der Waals surface area contributed by atoms with Crippen molar-refractivity contribution in [3.05, 3.63) is 24.8 Å². The number of ether oxygens (including phenoxy) is 1. The van der Waals surface area contributed by atoms with Gasteiger partial charge in [-0.05, 0) is 39.0 Å². The fourth-order valence-corrected chi connectivity index (χ4v) is 2.32. The molecule has 4 nitrogen and oxygen atoms in total. The molecule has 0 amide bonds. The van der Waals surface area contributed by atoms with Crippen molar-refractivity contribution in [1.29, 1.82) is 0 Å². The van der Waals surface area contributed by atoms with Gasteiger partial charge in [0.25, 0.3) is 0 Å². The smallest absolute Gasteiger partial charge is 0.316 e. The van der Waals surface area contributed by atoms with Crippen LogP contribution in [0.3, 0.4) is 0 Å². The van der Waals surface area contributed by atoms with Crippen molar-refractivity contribution in [2.24, 2.45) is 11.3 Å². The lowest BCUT2D eigenvalue weighted by Gasteiger charge is -2.26. The van der Waals surface area contributed by atoms with Crippen LogP contribution in [0.2, 0.25) is 0 Å². The molecule has 0 bridgehead atoms. The number of Topliss-reactive ketones (excluding diaryl/α,β-unsaturated/α-hetero) is 1. The van der Waals surface area contributed by atoms with Gasteiger partial charge in [0.15, 0.2) is 0 Å². The molecular formula is C18H28O4. The minimum atomic E-state index is -0.880. The van der Waals surface area contributed by atoms with Gasteiger partial charge in [-0.25, -0.2) is 0 Å². The maximum Gasteiger partial charge on any atom is 0.316 e. The van der Waals surface area contributed by atoms with Crippen molar-refractivity contribution in [3.63, 3.8) is 0 Å². The highest BCUT2D eigenvalue weighted by Crippen LogP contribution is 2.31. The normalized spacial score (nSPS) is 14.5. The SMILES string of the molecule is C=CCCC(C)(C=O)CC(C(=O)CCCC(=C)C)C(=O)OC. The van der Waals surface area contributed by atoms with E-state index in [9.17, 15) is 14.4 Å². The van der Waals surface area contributed by atoms with Crippen molar-refractivity contribution in [2.45, 2.75) is 52.4 Å². The molecule has 0 N–H and O–H groups in total. The van der Waals surface area contributed by atoms with Gasteiger partial charge < -0.3 is 9.53 Å². The number of esters is 1. The minimum absolute atomic E-state index is 0.167. The van der Waals surface area contributed by atoms with Crippen molar-refractivity contribution < 1.29 is 19.1 Å². The second kappa shape index (κ2) is 10.1. The Morgan fingerprint density at radius 1 is 1.32 bits per heavy atom. The first-order valence-corrected chi connectivity index (χ1v) is 7.61. The molecule has 0 radical (unpaired) electrons. The van der Waals surface area contributed by atoms with Crippen molar-refractivity contribution in [1.82, 2.24) is 0 Å². The summed E-state index contributed by atoms with van der Waals surface area (Å²) in [6, 6.07) is 0. The Labute approximate surface area is 133 Å². The van der Waals surface area contributed by atoms with Crippen molar-refractivity contribution >= 4 is 18.0 Å². The Kier molecular flexibility index (Phi) is 9.31. The Hall–Kier alpha value is -1.71. The molecule has 0 aromatic rings. The zero-order valence-corrected chi connectivity index (χ0v) is 14.0. The minimum Gasteiger partial charge on any atom is -0.468 e. The fraction of sp³-hybridized carbons (Fsp3) is 0.611. The Balaban J connectivity index is 4.92. The molecule has 0 fully saturated rings. The van der Waals surface area contributed by atoms with E-state index in [1.54, 1.807) is 13.0 Å². The van der Waals surface area contributed by atoms with E-state index in [0.717, 1.165) is 18.3 Å². The highest BCUT2D eigenvalue weighted by Gasteiger charge is 2.35. The number of carbonyl (C=O) groups is 3. The predicted molar refractivity (Wildman–Crippen MR) is 87.4 cm³/mol. The maximum absolute atomic E-state index is 12.3. The molecule has 0 aliphatic heterocycles. The van der Waals surface area contributed by atoms with E-state index in [2.05, 4.69) is 13.2 Å². The summed E-state index contributed by atoms with van der Waals surface area (Å²) in [5.74, 6) is -1.61. The standard InChI is InChI=1S/C18H28O4/c1-6-7-11-18(4,13-19)12-15(17(21)22-5)16(20)10-8-9-14(2)3/h6,13,15H,1-2,7-12H2,3-5H3. The molecule has 0 rings (SSSR count). The number of allylic oxidation sites excluding steroid dienone is 2. The van der Waals surface area contributed by atoms with Crippen molar-refractivity contribution in [2.75, 3.05) is 7.11 Å². The number of aldehydes is 1. The van der Waals surface area contributed by atoms with Gasteiger partial charge in [0.05, 0.1) is 7.11 Å². The van der Waals surface area contributed by atoms with Crippen LogP contribution < -0.4 is 0 Å². The number of ketones is 1. The molecule has 0 saturated heterocycles. The third kappa shape index (κ3) is 7.34. The Morgan fingerprint density at radius 2 is 1.95 bits per heavy atom. The molecule has 2 unspecified atom stereocenters. The summed E-state index contributed by atoms with van der Waals surface area (Å²) in [5.41, 5.74) is 0.281. The van der Waals surface area contributed by atoms with E-state index in [0.29, 0.717) is 25.7 Å². The summed E-state index contributed by atoms with van der Waals surface area (Å²) in [4.78, 5) is 35.6. The van der Waals surface area contributed by atoms with Gasteiger partial charge in [0, 0.05) is 11.8 Å². The summed E-state index contributed by atoms with van der Waals surface area (Å²) in [5, 5.41) is 0. The summed E-state index contributed by atoms with van der Waals surface area (Å²) in [6.07, 6.45) is 5.66. The molecule has 4 heteroatoms. The zero-order valence-electron chi connectivity index (χ0n) is 14.0. The molecule has 124 valence electrons. The quantitative estimate of drug-likeness (QED) is 0.239. The van der Waals surface area contributed by atoms with Crippen LogP contribution >= 0.6 is 0 Å². The summed E-state index contributed by atoms with van der Waals surface area (Å²) >= 11 is 0. The highest BCUT2D eigenvalue weighted by atomic mass is 16.5. The molecular weight excluding hydrogens is 280 g/mol. The average molecular weight is 308 g/mol. The van der Waals surface area contributed by atoms with Crippen LogP contribution in [-0.4, -0.2) is 25.1 Å². The van der Waals surface area contributed by atoms with Gasteiger partial charge in [0.1, 0.15) is 18.0 Å². The largest absolute Gasteiger partial charge is 0.468 e. The number of hydrogen-bond acceptors (Lipinski definition) is 4. The molecule has 0 aromatic carbocycles. The van der Waals surface area contributed by atoms with Gasteiger partial charge in [-0.15, -0.1) is 13.2 Å². The van der Waals surface area contributed by atoms with Crippen LogP contribution in [0.25, 0.3) is 0 Å². The lowest BCUT2D eigenvalue weighted by molar-refractivity contribution is -0.151. The van der Waals surface area contributed by atoms with Crippen LogP contribution in [0.15, 0.2) is 24.8 Å². The Morgan fingerprint density at radius 3 is 2.41 bits per heavy atom. The number of rotatable bonds is 12. The summed E-state index contributed by atoms with van der Waals surface area (Å²) in [6.45, 7) is 11.1. The number of methoxy groups -OCH3 is 1. The molecule has 2 atom stereocenters. The first-order valence-electron chi connectivity index (χ1n) is 7.61. The average Bonchev–Trinajstić information content (AvgIpc) is 2.49. The topological polar surface area (TPSA) is 60.4 Å². The van der Waals surface area contributed by atoms with Crippen LogP contribution in [0, 0.1) is 11.3 Å². The maximum atomic E-state index is 12.3. The highest BCUT2D eigenvalue weighted by molar-refractivity contribution is 5.99. The van der Waals surface area contributed by atoms with Gasteiger partial charge in [0.2, 0.25) is 0 Å². The van der Waals surface area contributed by atoms with Crippen LogP contribution in [0.5, 0.6) is 0 Å². The molecule has 22 heavy (non-hydrogen) atoms. The van der Waals surface area contributed by atoms with E-state index in [4.69, 9.17) is 4.74 Å². The summed E-state index contributed by atoms with van der Waals surface area (Å²) < 4.78 is 4.74. The van der Waals surface area contributed by atoms with E-state index in [1.807, 2.05) is 6.92 Å². The lowest BCUT2D eigenvalue weighted by atomic mass is 9.76. The van der Waals surface area contributed by atoms with Crippen LogP contribution in [0.4, 0.5) is 0 Å².